The van der Waals surface area contributed by atoms with Crippen LogP contribution in [-0.4, -0.2) is 9.97 Å². The van der Waals surface area contributed by atoms with Gasteiger partial charge in [-0.1, -0.05) is 6.07 Å². The summed E-state index contributed by atoms with van der Waals surface area (Å²) in [5.74, 6) is 0.362. The molecule has 0 bridgehead atoms. The molecule has 2 heterocycles. The van der Waals surface area contributed by atoms with Crippen molar-refractivity contribution in [3.05, 3.63) is 47.9 Å². The van der Waals surface area contributed by atoms with Crippen molar-refractivity contribution in [3.63, 3.8) is 0 Å². The highest BCUT2D eigenvalue weighted by Crippen LogP contribution is 2.28. The highest BCUT2D eigenvalue weighted by atomic mass is 19.4. The topological polar surface area (TPSA) is 61.6 Å². The van der Waals surface area contributed by atoms with Crippen LogP contribution < -0.4 is 5.32 Å². The summed E-state index contributed by atoms with van der Waals surface area (Å²) >= 11 is 0. The fourth-order valence-electron chi connectivity index (χ4n) is 1.35. The van der Waals surface area contributed by atoms with E-state index in [4.69, 9.17) is 5.26 Å². The first-order valence-corrected chi connectivity index (χ1v) is 5.16. The summed E-state index contributed by atoms with van der Waals surface area (Å²) in [5.41, 5.74) is -0.391. The summed E-state index contributed by atoms with van der Waals surface area (Å²) in [6.45, 7) is 0. The number of nitrogens with one attached hydrogen (secondary N) is 1. The Bertz CT molecular complexity index is 614. The van der Waals surface area contributed by atoms with Crippen LogP contribution in [0.5, 0.6) is 0 Å². The molecule has 0 aromatic carbocycles. The van der Waals surface area contributed by atoms with Gasteiger partial charge in [-0.05, 0) is 24.3 Å². The van der Waals surface area contributed by atoms with E-state index >= 15 is 0 Å². The Balaban J connectivity index is 2.18. The van der Waals surface area contributed by atoms with Gasteiger partial charge in [-0.2, -0.15) is 18.4 Å². The smallest absolute Gasteiger partial charge is 0.339 e. The minimum absolute atomic E-state index is 0.213. The van der Waals surface area contributed by atoms with Crippen molar-refractivity contribution in [1.29, 1.82) is 5.26 Å². The molecule has 0 radical (unpaired) electrons. The Hall–Kier alpha value is -2.62. The zero-order valence-electron chi connectivity index (χ0n) is 9.44. The lowest BCUT2D eigenvalue weighted by atomic mass is 10.3. The third-order valence-electron chi connectivity index (χ3n) is 2.19. The molecule has 0 spiro atoms. The van der Waals surface area contributed by atoms with Crippen molar-refractivity contribution >= 4 is 11.5 Å². The summed E-state index contributed by atoms with van der Waals surface area (Å²) in [6, 6.07) is 8.72. The lowest BCUT2D eigenvalue weighted by molar-refractivity contribution is -0.141. The quantitative estimate of drug-likeness (QED) is 0.905. The molecular formula is C12H7F3N4. The molecule has 0 atom stereocenters. The molecule has 0 amide bonds. The van der Waals surface area contributed by atoms with Gasteiger partial charge in [0.05, 0.1) is 11.9 Å². The van der Waals surface area contributed by atoms with E-state index in [-0.39, 0.29) is 5.69 Å². The lowest BCUT2D eigenvalue weighted by Gasteiger charge is -2.08. The second kappa shape index (κ2) is 4.94. The number of nitriles is 1. The van der Waals surface area contributed by atoms with Gasteiger partial charge in [0.15, 0.2) is 0 Å². The maximum atomic E-state index is 12.3. The Morgan fingerprint density at radius 2 is 1.95 bits per heavy atom. The van der Waals surface area contributed by atoms with Crippen LogP contribution >= 0.6 is 0 Å². The van der Waals surface area contributed by atoms with Gasteiger partial charge in [0.1, 0.15) is 23.3 Å². The number of rotatable bonds is 2. The van der Waals surface area contributed by atoms with E-state index in [1.165, 1.54) is 12.1 Å². The zero-order valence-corrected chi connectivity index (χ0v) is 9.44. The highest BCUT2D eigenvalue weighted by Gasteiger charge is 2.31. The summed E-state index contributed by atoms with van der Waals surface area (Å²) in [5, 5.41) is 11.4. The summed E-state index contributed by atoms with van der Waals surface area (Å²) in [6.07, 6.45) is -3.40. The molecule has 0 aliphatic heterocycles. The van der Waals surface area contributed by atoms with Gasteiger partial charge < -0.3 is 5.32 Å². The van der Waals surface area contributed by atoms with Gasteiger partial charge in [-0.3, -0.25) is 0 Å². The maximum absolute atomic E-state index is 12.3. The second-order valence-corrected chi connectivity index (χ2v) is 3.57. The SMILES string of the molecule is N#Cc1cccc(Nc2ccc(C(F)(F)F)nc2)n1. The minimum Gasteiger partial charge on any atom is -0.339 e. The lowest BCUT2D eigenvalue weighted by Crippen LogP contribution is -2.07. The first-order valence-electron chi connectivity index (χ1n) is 5.16. The van der Waals surface area contributed by atoms with Crippen molar-refractivity contribution in [3.8, 4) is 6.07 Å². The van der Waals surface area contributed by atoms with Gasteiger partial charge in [0.2, 0.25) is 0 Å². The summed E-state index contributed by atoms with van der Waals surface area (Å²) in [7, 11) is 0. The Labute approximate surface area is 106 Å². The molecule has 0 aliphatic rings. The average molecular weight is 264 g/mol. The molecule has 2 rings (SSSR count). The van der Waals surface area contributed by atoms with E-state index in [9.17, 15) is 13.2 Å². The molecular weight excluding hydrogens is 257 g/mol. The van der Waals surface area contributed by atoms with Crippen LogP contribution in [0.2, 0.25) is 0 Å². The number of hydrogen-bond acceptors (Lipinski definition) is 4. The van der Waals surface area contributed by atoms with Crippen molar-refractivity contribution in [1.82, 2.24) is 9.97 Å². The fourth-order valence-corrected chi connectivity index (χ4v) is 1.35. The molecule has 7 heteroatoms. The standard InChI is InChI=1S/C12H7F3N4/c13-12(14,15)10-5-4-9(7-17-10)19-11-3-1-2-8(6-16)18-11/h1-5,7H,(H,18,19). The second-order valence-electron chi connectivity index (χ2n) is 3.57. The van der Waals surface area contributed by atoms with E-state index in [0.717, 1.165) is 12.3 Å². The largest absolute Gasteiger partial charge is 0.433 e. The third-order valence-corrected chi connectivity index (χ3v) is 2.19. The van der Waals surface area contributed by atoms with Gasteiger partial charge >= 0.3 is 6.18 Å². The Kier molecular flexibility index (Phi) is 3.33. The Morgan fingerprint density at radius 1 is 1.16 bits per heavy atom. The van der Waals surface area contributed by atoms with Crippen LogP contribution in [0, 0.1) is 11.3 Å². The normalized spacial score (nSPS) is 10.8. The molecule has 96 valence electrons. The van der Waals surface area contributed by atoms with Crippen molar-refractivity contribution < 1.29 is 13.2 Å². The summed E-state index contributed by atoms with van der Waals surface area (Å²) in [4.78, 5) is 7.24. The van der Waals surface area contributed by atoms with E-state index in [1.807, 2.05) is 6.07 Å². The van der Waals surface area contributed by atoms with Crippen LogP contribution in [0.4, 0.5) is 24.7 Å². The average Bonchev–Trinajstić information content (AvgIpc) is 2.38. The summed E-state index contributed by atoms with van der Waals surface area (Å²) < 4.78 is 36.9. The highest BCUT2D eigenvalue weighted by molar-refractivity contribution is 5.55. The van der Waals surface area contributed by atoms with Gasteiger partial charge in [-0.15, -0.1) is 0 Å². The molecule has 19 heavy (non-hydrogen) atoms. The van der Waals surface area contributed by atoms with Gasteiger partial charge in [0, 0.05) is 0 Å². The molecule has 2 aromatic heterocycles. The molecule has 0 unspecified atom stereocenters. The molecule has 0 saturated carbocycles. The first kappa shape index (κ1) is 12.8. The Morgan fingerprint density at radius 3 is 2.53 bits per heavy atom. The number of aromatic nitrogens is 2. The number of nitrogens with zero attached hydrogens (tertiary/aromatic N) is 3. The third kappa shape index (κ3) is 3.19. The molecule has 0 aliphatic carbocycles. The van der Waals surface area contributed by atoms with Gasteiger partial charge in [-0.25, -0.2) is 9.97 Å². The first-order chi connectivity index (χ1) is 8.99. The molecule has 1 N–H and O–H groups in total. The molecule has 4 nitrogen and oxygen atoms in total. The van der Waals surface area contributed by atoms with Crippen molar-refractivity contribution in [2.75, 3.05) is 5.32 Å². The number of alkyl halides is 3. The van der Waals surface area contributed by atoms with E-state index < -0.39 is 11.9 Å². The van der Waals surface area contributed by atoms with Crippen LogP contribution in [-0.2, 0) is 6.18 Å². The van der Waals surface area contributed by atoms with Crippen molar-refractivity contribution in [2.24, 2.45) is 0 Å². The molecule has 0 fully saturated rings. The van der Waals surface area contributed by atoms with E-state index in [1.54, 1.807) is 12.1 Å². The predicted octanol–water partition coefficient (Wildman–Crippen LogP) is 3.11. The maximum Gasteiger partial charge on any atom is 0.433 e. The minimum atomic E-state index is -4.46. The van der Waals surface area contributed by atoms with Crippen LogP contribution in [0.1, 0.15) is 11.4 Å². The number of pyridine rings is 2. The van der Waals surface area contributed by atoms with Crippen molar-refractivity contribution in [2.45, 2.75) is 6.18 Å². The predicted molar refractivity (Wildman–Crippen MR) is 61.5 cm³/mol. The van der Waals surface area contributed by atoms with E-state index in [2.05, 4.69) is 15.3 Å². The number of anilines is 2. The molecule has 0 saturated heterocycles. The van der Waals surface area contributed by atoms with Crippen LogP contribution in [0.3, 0.4) is 0 Å². The number of hydrogen-bond donors (Lipinski definition) is 1. The van der Waals surface area contributed by atoms with Gasteiger partial charge in [0.25, 0.3) is 0 Å². The van der Waals surface area contributed by atoms with E-state index in [0.29, 0.717) is 11.5 Å². The monoisotopic (exact) mass is 264 g/mol. The van der Waals surface area contributed by atoms with Crippen LogP contribution in [0.25, 0.3) is 0 Å². The fraction of sp³-hybridized carbons (Fsp3) is 0.0833. The number of halogens is 3. The van der Waals surface area contributed by atoms with Crippen LogP contribution in [0.15, 0.2) is 36.5 Å². The molecule has 2 aromatic rings. The zero-order chi connectivity index (χ0) is 13.9.